The largest absolute Gasteiger partial charge is 0.490 e. The number of rotatable bonds is 11. The van der Waals surface area contributed by atoms with Crippen LogP contribution in [0, 0.1) is 17.8 Å². The van der Waals surface area contributed by atoms with E-state index in [0.29, 0.717) is 47.2 Å². The minimum Gasteiger partial charge on any atom is -0.490 e. The quantitative estimate of drug-likeness (QED) is 0.142. The zero-order valence-electron chi connectivity index (χ0n) is 23.5. The lowest BCUT2D eigenvalue weighted by molar-refractivity contribution is -0.145. The molecule has 3 aromatic carbocycles. The number of carbonyl (C=O) groups excluding carboxylic acids is 2. The molecular weight excluding hydrogens is 504 g/mol. The zero-order valence-corrected chi connectivity index (χ0v) is 23.5. The van der Waals surface area contributed by atoms with Gasteiger partial charge in [-0.3, -0.25) is 0 Å². The Labute approximate surface area is 236 Å². The molecule has 210 valence electrons. The Balaban J connectivity index is 1.27. The Morgan fingerprint density at radius 3 is 2.00 bits per heavy atom. The van der Waals surface area contributed by atoms with Crippen LogP contribution in [-0.2, 0) is 9.53 Å². The van der Waals surface area contributed by atoms with Crippen LogP contribution in [0.1, 0.15) is 50.4 Å². The summed E-state index contributed by atoms with van der Waals surface area (Å²) in [6, 6.07) is 21.3. The molecule has 0 radical (unpaired) electrons. The van der Waals surface area contributed by atoms with Crippen LogP contribution in [0.3, 0.4) is 0 Å². The van der Waals surface area contributed by atoms with Gasteiger partial charge >= 0.3 is 11.9 Å². The molecule has 6 heteroatoms. The molecule has 0 bridgehead atoms. The monoisotopic (exact) mass is 542 g/mol. The molecule has 0 amide bonds. The van der Waals surface area contributed by atoms with Gasteiger partial charge in [0.05, 0.1) is 11.7 Å². The van der Waals surface area contributed by atoms with Gasteiger partial charge in [0.25, 0.3) is 0 Å². The molecule has 40 heavy (non-hydrogen) atoms. The van der Waals surface area contributed by atoms with Crippen molar-refractivity contribution in [2.75, 3.05) is 13.2 Å². The van der Waals surface area contributed by atoms with Crippen molar-refractivity contribution >= 4 is 11.9 Å². The van der Waals surface area contributed by atoms with E-state index in [-0.39, 0.29) is 12.7 Å². The molecule has 0 N–H and O–H groups in total. The molecule has 1 fully saturated rings. The Morgan fingerprint density at radius 1 is 0.850 bits per heavy atom. The van der Waals surface area contributed by atoms with Crippen molar-refractivity contribution in [3.05, 3.63) is 91.0 Å². The van der Waals surface area contributed by atoms with Crippen LogP contribution in [-0.4, -0.2) is 31.3 Å². The minimum atomic E-state index is -0.448. The fourth-order valence-corrected chi connectivity index (χ4v) is 5.08. The van der Waals surface area contributed by atoms with Crippen molar-refractivity contribution < 1.29 is 28.5 Å². The molecule has 0 aromatic heterocycles. The fraction of sp³-hybridized carbons (Fsp3) is 0.353. The molecular formula is C34H38O6. The third kappa shape index (κ3) is 8.06. The molecule has 4 rings (SSSR count). The Morgan fingerprint density at radius 2 is 1.43 bits per heavy atom. The van der Waals surface area contributed by atoms with Crippen molar-refractivity contribution in [2.45, 2.75) is 46.1 Å². The van der Waals surface area contributed by atoms with Crippen LogP contribution in [0.5, 0.6) is 17.2 Å². The van der Waals surface area contributed by atoms with E-state index in [1.807, 2.05) is 24.3 Å². The van der Waals surface area contributed by atoms with E-state index in [4.69, 9.17) is 18.9 Å². The molecule has 3 unspecified atom stereocenters. The van der Waals surface area contributed by atoms with Crippen LogP contribution in [0.15, 0.2) is 85.5 Å². The fourth-order valence-electron chi connectivity index (χ4n) is 5.08. The second-order valence-corrected chi connectivity index (χ2v) is 10.7. The van der Waals surface area contributed by atoms with Gasteiger partial charge in [0.2, 0.25) is 0 Å². The first-order valence-corrected chi connectivity index (χ1v) is 13.9. The maximum Gasteiger partial charge on any atom is 0.343 e. The molecule has 0 heterocycles. The van der Waals surface area contributed by atoms with E-state index in [0.717, 1.165) is 24.0 Å². The predicted molar refractivity (Wildman–Crippen MR) is 156 cm³/mol. The molecule has 6 nitrogen and oxygen atoms in total. The minimum absolute atomic E-state index is 0.0459. The van der Waals surface area contributed by atoms with E-state index < -0.39 is 11.9 Å². The molecule has 3 aromatic rings. The van der Waals surface area contributed by atoms with Gasteiger partial charge in [-0.25, -0.2) is 9.59 Å². The highest BCUT2D eigenvalue weighted by Crippen LogP contribution is 2.35. The first-order valence-electron chi connectivity index (χ1n) is 13.9. The topological polar surface area (TPSA) is 71.1 Å². The van der Waals surface area contributed by atoms with Crippen molar-refractivity contribution in [1.82, 2.24) is 0 Å². The summed E-state index contributed by atoms with van der Waals surface area (Å²) in [5.74, 6) is 2.36. The van der Waals surface area contributed by atoms with E-state index >= 15 is 0 Å². The first-order chi connectivity index (χ1) is 19.3. The third-order valence-electron chi connectivity index (χ3n) is 7.32. The van der Waals surface area contributed by atoms with Crippen molar-refractivity contribution in [3.8, 4) is 28.4 Å². The van der Waals surface area contributed by atoms with E-state index in [9.17, 15) is 9.59 Å². The van der Waals surface area contributed by atoms with Gasteiger partial charge in [0, 0.05) is 0 Å². The lowest BCUT2D eigenvalue weighted by atomic mass is 9.75. The molecule has 1 aliphatic carbocycles. The number of hydrogen-bond donors (Lipinski definition) is 0. The summed E-state index contributed by atoms with van der Waals surface area (Å²) in [6.45, 7) is 10.7. The van der Waals surface area contributed by atoms with Crippen LogP contribution < -0.4 is 14.2 Å². The van der Waals surface area contributed by atoms with Gasteiger partial charge in [-0.05, 0) is 90.3 Å². The average molecular weight is 543 g/mol. The SMILES string of the molecule is C=CCOc1ccc(C(=O)Oc2ccc(-c3ccc(OC(=O)COC4CC(C)CCC4C(C)C)cc3)cc2)cc1. The Hall–Kier alpha value is -3.90. The number of esters is 2. The number of carbonyl (C=O) groups is 2. The van der Waals surface area contributed by atoms with E-state index in [1.54, 1.807) is 54.6 Å². The first kappa shape index (κ1) is 29.1. The van der Waals surface area contributed by atoms with Crippen molar-refractivity contribution in [1.29, 1.82) is 0 Å². The van der Waals surface area contributed by atoms with Gasteiger partial charge < -0.3 is 18.9 Å². The molecule has 0 saturated heterocycles. The molecule has 1 saturated carbocycles. The van der Waals surface area contributed by atoms with Crippen LogP contribution in [0.2, 0.25) is 0 Å². The smallest absolute Gasteiger partial charge is 0.343 e. The lowest BCUT2D eigenvalue weighted by Gasteiger charge is -2.36. The molecule has 1 aliphatic rings. The molecule has 0 spiro atoms. The average Bonchev–Trinajstić information content (AvgIpc) is 2.96. The van der Waals surface area contributed by atoms with Gasteiger partial charge in [0.1, 0.15) is 30.5 Å². The van der Waals surface area contributed by atoms with Crippen LogP contribution in [0.25, 0.3) is 11.1 Å². The van der Waals surface area contributed by atoms with Gasteiger partial charge in [-0.2, -0.15) is 0 Å². The van der Waals surface area contributed by atoms with E-state index in [2.05, 4.69) is 27.4 Å². The highest BCUT2D eigenvalue weighted by Gasteiger charge is 2.31. The highest BCUT2D eigenvalue weighted by molar-refractivity contribution is 5.91. The second kappa shape index (κ2) is 13.9. The van der Waals surface area contributed by atoms with Crippen LogP contribution in [0.4, 0.5) is 0 Å². The summed E-state index contributed by atoms with van der Waals surface area (Å²) < 4.78 is 22.5. The summed E-state index contributed by atoms with van der Waals surface area (Å²) >= 11 is 0. The Bertz CT molecular complexity index is 1260. The molecule has 3 atom stereocenters. The van der Waals surface area contributed by atoms with Crippen molar-refractivity contribution in [3.63, 3.8) is 0 Å². The standard InChI is InChI=1S/C34H38O6/c1-5-20-37-28-13-11-27(12-14-28)34(36)40-30-17-9-26(10-18-30)25-7-15-29(16-8-25)39-33(35)22-38-32-21-24(4)6-19-31(32)23(2)3/h5,7-18,23-24,31-32H,1,6,19-22H2,2-4H3. The Kier molecular flexibility index (Phi) is 10.1. The summed E-state index contributed by atoms with van der Waals surface area (Å²) in [6.07, 6.45) is 5.11. The summed E-state index contributed by atoms with van der Waals surface area (Å²) in [7, 11) is 0. The maximum absolute atomic E-state index is 12.5. The normalized spacial score (nSPS) is 18.6. The number of hydrogen-bond acceptors (Lipinski definition) is 6. The van der Waals surface area contributed by atoms with Gasteiger partial charge in [-0.15, -0.1) is 0 Å². The highest BCUT2D eigenvalue weighted by atomic mass is 16.6. The predicted octanol–water partition coefficient (Wildman–Crippen LogP) is 7.52. The number of ether oxygens (including phenoxy) is 4. The van der Waals surface area contributed by atoms with Crippen LogP contribution >= 0.6 is 0 Å². The lowest BCUT2D eigenvalue weighted by Crippen LogP contribution is -2.36. The maximum atomic E-state index is 12.5. The third-order valence-corrected chi connectivity index (χ3v) is 7.32. The van der Waals surface area contributed by atoms with Gasteiger partial charge in [0.15, 0.2) is 0 Å². The van der Waals surface area contributed by atoms with Gasteiger partial charge in [-0.1, -0.05) is 64.1 Å². The second-order valence-electron chi connectivity index (χ2n) is 10.7. The zero-order chi connectivity index (χ0) is 28.5. The summed E-state index contributed by atoms with van der Waals surface area (Å²) in [5, 5.41) is 0. The van der Waals surface area contributed by atoms with E-state index in [1.165, 1.54) is 6.42 Å². The summed E-state index contributed by atoms with van der Waals surface area (Å²) in [5.41, 5.74) is 2.31. The number of benzene rings is 3. The molecule has 0 aliphatic heterocycles. The summed E-state index contributed by atoms with van der Waals surface area (Å²) in [4.78, 5) is 24.9. The van der Waals surface area contributed by atoms with Crippen molar-refractivity contribution in [2.24, 2.45) is 17.8 Å².